The van der Waals surface area contributed by atoms with Crippen molar-refractivity contribution in [2.24, 2.45) is 0 Å². The summed E-state index contributed by atoms with van der Waals surface area (Å²) in [5.41, 5.74) is 1.10. The van der Waals surface area contributed by atoms with E-state index in [0.29, 0.717) is 6.54 Å². The zero-order valence-corrected chi connectivity index (χ0v) is 14.4. The lowest BCUT2D eigenvalue weighted by Gasteiger charge is -2.37. The van der Waals surface area contributed by atoms with Crippen molar-refractivity contribution in [1.82, 2.24) is 9.29 Å². The van der Waals surface area contributed by atoms with Crippen LogP contribution < -0.4 is 4.90 Å². The molecule has 5 nitrogen and oxygen atoms in total. The maximum absolute atomic E-state index is 11.7. The largest absolute Gasteiger partial charge is 0.355 e. The van der Waals surface area contributed by atoms with Gasteiger partial charge in [0.2, 0.25) is 10.0 Å². The monoisotopic (exact) mass is 361 g/mol. The third-order valence-corrected chi connectivity index (χ3v) is 5.53. The second kappa shape index (κ2) is 5.99. The molecule has 0 bridgehead atoms. The second-order valence-electron chi connectivity index (χ2n) is 5.32. The maximum atomic E-state index is 11.7. The Labute approximate surface area is 129 Å². The van der Waals surface area contributed by atoms with Gasteiger partial charge in [-0.25, -0.2) is 17.7 Å². The van der Waals surface area contributed by atoms with Gasteiger partial charge in [0.15, 0.2) is 0 Å². The van der Waals surface area contributed by atoms with E-state index < -0.39 is 10.0 Å². The molecule has 20 heavy (non-hydrogen) atoms. The zero-order valence-electron chi connectivity index (χ0n) is 12.0. The highest BCUT2D eigenvalue weighted by Gasteiger charge is 2.28. The van der Waals surface area contributed by atoms with E-state index in [1.807, 2.05) is 13.0 Å². The van der Waals surface area contributed by atoms with E-state index in [1.54, 1.807) is 13.2 Å². The summed E-state index contributed by atoms with van der Waals surface area (Å²) in [6.45, 7) is 3.64. The quantitative estimate of drug-likeness (QED) is 0.826. The topological polar surface area (TPSA) is 53.5 Å². The first kappa shape index (κ1) is 15.7. The van der Waals surface area contributed by atoms with Gasteiger partial charge < -0.3 is 4.90 Å². The number of hydrogen-bond acceptors (Lipinski definition) is 4. The molecular weight excluding hydrogens is 342 g/mol. The van der Waals surface area contributed by atoms with E-state index in [2.05, 4.69) is 25.8 Å². The summed E-state index contributed by atoms with van der Waals surface area (Å²) in [5, 5.41) is 0. The van der Waals surface area contributed by atoms with Gasteiger partial charge in [-0.2, -0.15) is 0 Å². The number of halogens is 1. The minimum absolute atomic E-state index is 0.0172. The highest BCUT2D eigenvalue weighted by molar-refractivity contribution is 9.10. The number of anilines is 1. The van der Waals surface area contributed by atoms with Gasteiger partial charge >= 0.3 is 0 Å². The summed E-state index contributed by atoms with van der Waals surface area (Å²) in [6, 6.07) is 2.05. The predicted octanol–water partition coefficient (Wildman–Crippen LogP) is 2.01. The van der Waals surface area contributed by atoms with Crippen molar-refractivity contribution in [2.45, 2.75) is 25.8 Å². The summed E-state index contributed by atoms with van der Waals surface area (Å²) in [6.07, 6.45) is 4.92. The summed E-state index contributed by atoms with van der Waals surface area (Å²) >= 11 is 3.41. The van der Waals surface area contributed by atoms with Gasteiger partial charge in [0, 0.05) is 36.8 Å². The molecular formula is C13H20BrN3O2S. The number of hydrogen-bond donors (Lipinski definition) is 0. The van der Waals surface area contributed by atoms with Gasteiger partial charge in [-0.15, -0.1) is 0 Å². The van der Waals surface area contributed by atoms with Crippen LogP contribution in [-0.4, -0.2) is 50.1 Å². The van der Waals surface area contributed by atoms with Crippen LogP contribution in [0.25, 0.3) is 0 Å². The SMILES string of the molecule is Cc1cc(Br)cnc1N1CCCC(N(C)S(C)(=O)=O)C1. The minimum Gasteiger partial charge on any atom is -0.355 e. The average molecular weight is 362 g/mol. The highest BCUT2D eigenvalue weighted by Crippen LogP contribution is 2.25. The lowest BCUT2D eigenvalue weighted by Crippen LogP contribution is -2.48. The van der Waals surface area contributed by atoms with Crippen LogP contribution in [0.5, 0.6) is 0 Å². The van der Waals surface area contributed by atoms with Crippen LogP contribution >= 0.6 is 15.9 Å². The predicted molar refractivity (Wildman–Crippen MR) is 84.5 cm³/mol. The Balaban J connectivity index is 2.18. The second-order valence-corrected chi connectivity index (χ2v) is 8.27. The van der Waals surface area contributed by atoms with Gasteiger partial charge in [0.05, 0.1) is 6.26 Å². The number of sulfonamides is 1. The minimum atomic E-state index is -3.15. The van der Waals surface area contributed by atoms with Crippen molar-refractivity contribution in [3.05, 3.63) is 22.3 Å². The smallest absolute Gasteiger partial charge is 0.211 e. The molecule has 1 unspecified atom stereocenters. The van der Waals surface area contributed by atoms with Crippen molar-refractivity contribution in [2.75, 3.05) is 31.3 Å². The molecule has 1 aromatic heterocycles. The van der Waals surface area contributed by atoms with E-state index in [9.17, 15) is 8.42 Å². The molecule has 1 aliphatic heterocycles. The number of aromatic nitrogens is 1. The molecule has 112 valence electrons. The lowest BCUT2D eigenvalue weighted by atomic mass is 10.1. The molecule has 0 radical (unpaired) electrons. The Morgan fingerprint density at radius 3 is 2.80 bits per heavy atom. The highest BCUT2D eigenvalue weighted by atomic mass is 79.9. The fourth-order valence-electron chi connectivity index (χ4n) is 2.58. The van der Waals surface area contributed by atoms with E-state index in [4.69, 9.17) is 0 Å². The van der Waals surface area contributed by atoms with Crippen molar-refractivity contribution >= 4 is 31.8 Å². The van der Waals surface area contributed by atoms with Crippen LogP contribution in [0.3, 0.4) is 0 Å². The lowest BCUT2D eigenvalue weighted by molar-refractivity contribution is 0.321. The van der Waals surface area contributed by atoms with Gasteiger partial charge in [-0.3, -0.25) is 0 Å². The number of likely N-dealkylation sites (N-methyl/N-ethyl adjacent to an activating group) is 1. The molecule has 0 aromatic carbocycles. The first-order valence-corrected chi connectivity index (χ1v) is 9.23. The summed E-state index contributed by atoms with van der Waals surface area (Å²) in [4.78, 5) is 6.65. The molecule has 1 atom stereocenters. The zero-order chi connectivity index (χ0) is 14.9. The van der Waals surface area contributed by atoms with Gasteiger partial charge in [0.1, 0.15) is 5.82 Å². The molecule has 1 aliphatic rings. The van der Waals surface area contributed by atoms with Crippen molar-refractivity contribution in [3.8, 4) is 0 Å². The van der Waals surface area contributed by atoms with Crippen LogP contribution in [0.1, 0.15) is 18.4 Å². The number of nitrogens with zero attached hydrogens (tertiary/aromatic N) is 3. The van der Waals surface area contributed by atoms with E-state index in [1.165, 1.54) is 10.6 Å². The van der Waals surface area contributed by atoms with Gasteiger partial charge in [-0.1, -0.05) is 0 Å². The van der Waals surface area contributed by atoms with Gasteiger partial charge in [-0.05, 0) is 47.3 Å². The molecule has 1 saturated heterocycles. The Morgan fingerprint density at radius 2 is 2.20 bits per heavy atom. The number of aryl methyl sites for hydroxylation is 1. The Bertz CT molecular complexity index is 591. The molecule has 1 aromatic rings. The Hall–Kier alpha value is -0.660. The van der Waals surface area contributed by atoms with Crippen LogP contribution in [0.2, 0.25) is 0 Å². The fraction of sp³-hybridized carbons (Fsp3) is 0.615. The molecule has 0 amide bonds. The first-order valence-electron chi connectivity index (χ1n) is 6.59. The molecule has 1 fully saturated rings. The van der Waals surface area contributed by atoms with Crippen LogP contribution in [0, 0.1) is 6.92 Å². The molecule has 0 aliphatic carbocycles. The molecule has 0 N–H and O–H groups in total. The van der Waals surface area contributed by atoms with E-state index in [0.717, 1.165) is 35.2 Å². The van der Waals surface area contributed by atoms with Crippen molar-refractivity contribution < 1.29 is 8.42 Å². The number of piperidine rings is 1. The normalized spacial score (nSPS) is 20.4. The third-order valence-electron chi connectivity index (χ3n) is 3.75. The Morgan fingerprint density at radius 1 is 1.50 bits per heavy atom. The van der Waals surface area contributed by atoms with E-state index >= 15 is 0 Å². The Kier molecular flexibility index (Phi) is 4.71. The average Bonchev–Trinajstić information content (AvgIpc) is 2.37. The summed E-state index contributed by atoms with van der Waals surface area (Å²) in [5.74, 6) is 0.944. The molecule has 2 heterocycles. The fourth-order valence-corrected chi connectivity index (χ4v) is 3.74. The van der Waals surface area contributed by atoms with Crippen molar-refractivity contribution in [1.29, 1.82) is 0 Å². The molecule has 7 heteroatoms. The number of pyridine rings is 1. The standard InChI is InChI=1S/C13H20BrN3O2S/c1-10-7-11(14)8-15-13(10)17-6-4-5-12(9-17)16(2)20(3,18)19/h7-8,12H,4-6,9H2,1-3H3. The first-order chi connectivity index (χ1) is 9.29. The van der Waals surface area contributed by atoms with Gasteiger partial charge in [0.25, 0.3) is 0 Å². The van der Waals surface area contributed by atoms with Crippen LogP contribution in [0.15, 0.2) is 16.7 Å². The van der Waals surface area contributed by atoms with E-state index in [-0.39, 0.29) is 6.04 Å². The molecule has 0 spiro atoms. The number of rotatable bonds is 3. The maximum Gasteiger partial charge on any atom is 0.211 e. The molecule has 2 rings (SSSR count). The molecule has 0 saturated carbocycles. The summed E-state index contributed by atoms with van der Waals surface area (Å²) < 4.78 is 25.8. The van der Waals surface area contributed by atoms with Crippen LogP contribution in [-0.2, 0) is 10.0 Å². The van der Waals surface area contributed by atoms with Crippen molar-refractivity contribution in [3.63, 3.8) is 0 Å². The third kappa shape index (κ3) is 3.51. The summed E-state index contributed by atoms with van der Waals surface area (Å²) in [7, 11) is -1.49. The van der Waals surface area contributed by atoms with Crippen LogP contribution in [0.4, 0.5) is 5.82 Å².